The molecule has 2 heterocycles. The van der Waals surface area contributed by atoms with E-state index in [1.165, 1.54) is 11.8 Å². The molecule has 0 saturated carbocycles. The van der Waals surface area contributed by atoms with Crippen LogP contribution in [0.5, 0.6) is 5.88 Å². The van der Waals surface area contributed by atoms with Gasteiger partial charge in [-0.3, -0.25) is 0 Å². The van der Waals surface area contributed by atoms with Crippen LogP contribution in [0.15, 0.2) is 29.6 Å². The van der Waals surface area contributed by atoms with Crippen molar-refractivity contribution >= 4 is 17.3 Å². The van der Waals surface area contributed by atoms with E-state index in [2.05, 4.69) is 10.1 Å². The Hall–Kier alpha value is -1.36. The molecule has 0 aliphatic heterocycles. The molecule has 0 saturated heterocycles. The predicted molar refractivity (Wildman–Crippen MR) is 46.4 cm³/mol. The summed E-state index contributed by atoms with van der Waals surface area (Å²) in [6, 6.07) is 5.31. The molecular formula is C8H7N3OS. The second-order valence-electron chi connectivity index (χ2n) is 2.43. The van der Waals surface area contributed by atoms with Gasteiger partial charge in [-0.2, -0.15) is 0 Å². The van der Waals surface area contributed by atoms with Gasteiger partial charge in [-0.15, -0.1) is 0 Å². The molecule has 2 aromatic rings. The lowest BCUT2D eigenvalue weighted by molar-refractivity contribution is -0.589. The van der Waals surface area contributed by atoms with Crippen molar-refractivity contribution in [3.05, 3.63) is 24.4 Å². The number of nitrogens with zero attached hydrogens (tertiary/aromatic N) is 3. The molecule has 66 valence electrons. The Kier molecular flexibility index (Phi) is 2.02. The molecule has 0 aromatic carbocycles. The van der Waals surface area contributed by atoms with Crippen molar-refractivity contribution in [3.63, 3.8) is 0 Å². The molecule has 0 unspecified atom stereocenters. The van der Waals surface area contributed by atoms with Crippen LogP contribution in [0.25, 0.3) is 5.52 Å². The highest BCUT2D eigenvalue weighted by Crippen LogP contribution is 2.11. The van der Waals surface area contributed by atoms with Crippen LogP contribution in [0.2, 0.25) is 0 Å². The molecule has 0 fully saturated rings. The van der Waals surface area contributed by atoms with Crippen molar-refractivity contribution in [1.29, 1.82) is 0 Å². The standard InChI is InChI=1S/C8H7N3OS/c1-13-8-9-7(12)6-4-2-3-5-11(6)10-8/h2-5H,1H3. The molecule has 0 aliphatic rings. The van der Waals surface area contributed by atoms with Gasteiger partial charge in [-0.1, -0.05) is 11.8 Å². The van der Waals surface area contributed by atoms with E-state index >= 15 is 0 Å². The van der Waals surface area contributed by atoms with Crippen molar-refractivity contribution in [2.24, 2.45) is 0 Å². The largest absolute Gasteiger partial charge is 0.854 e. The molecule has 13 heavy (non-hydrogen) atoms. The second-order valence-corrected chi connectivity index (χ2v) is 3.21. The van der Waals surface area contributed by atoms with Crippen molar-refractivity contribution in [3.8, 4) is 5.88 Å². The summed E-state index contributed by atoms with van der Waals surface area (Å²) in [6.07, 6.45) is 3.57. The van der Waals surface area contributed by atoms with Crippen LogP contribution in [0, 0.1) is 0 Å². The van der Waals surface area contributed by atoms with Gasteiger partial charge in [-0.05, 0) is 16.8 Å². The fourth-order valence-electron chi connectivity index (χ4n) is 1.04. The van der Waals surface area contributed by atoms with E-state index in [0.717, 1.165) is 0 Å². The molecule has 0 bridgehead atoms. The average Bonchev–Trinajstić information content (AvgIpc) is 2.18. The summed E-state index contributed by atoms with van der Waals surface area (Å²) >= 11 is 1.35. The van der Waals surface area contributed by atoms with Crippen LogP contribution < -0.4 is 9.62 Å². The summed E-state index contributed by atoms with van der Waals surface area (Å²) in [7, 11) is 0. The molecule has 0 aliphatic carbocycles. The van der Waals surface area contributed by atoms with Crippen LogP contribution in [0.4, 0.5) is 0 Å². The van der Waals surface area contributed by atoms with Crippen LogP contribution in [-0.2, 0) is 0 Å². The minimum absolute atomic E-state index is 0.236. The fraction of sp³-hybridized carbons (Fsp3) is 0.125. The lowest BCUT2D eigenvalue weighted by Crippen LogP contribution is -2.28. The summed E-state index contributed by atoms with van der Waals surface area (Å²) in [5.41, 5.74) is 0.500. The summed E-state index contributed by atoms with van der Waals surface area (Å²) in [4.78, 5) is 3.80. The van der Waals surface area contributed by atoms with Crippen LogP contribution >= 0.6 is 11.8 Å². The van der Waals surface area contributed by atoms with E-state index in [1.807, 2.05) is 12.3 Å². The number of hydrogen-bond acceptors (Lipinski definition) is 4. The number of hydrogen-bond donors (Lipinski definition) is 0. The van der Waals surface area contributed by atoms with E-state index in [4.69, 9.17) is 0 Å². The number of pyridine rings is 1. The van der Waals surface area contributed by atoms with Crippen molar-refractivity contribution in [2.45, 2.75) is 5.16 Å². The average molecular weight is 193 g/mol. The monoisotopic (exact) mass is 193 g/mol. The second kappa shape index (κ2) is 3.18. The van der Waals surface area contributed by atoms with Crippen LogP contribution in [0.1, 0.15) is 0 Å². The molecule has 4 nitrogen and oxygen atoms in total. The molecule has 0 atom stereocenters. The Morgan fingerprint density at radius 3 is 3.08 bits per heavy atom. The third kappa shape index (κ3) is 1.42. The molecule has 2 rings (SSSR count). The third-order valence-corrected chi connectivity index (χ3v) is 2.17. The highest BCUT2D eigenvalue weighted by atomic mass is 32.2. The predicted octanol–water partition coefficient (Wildman–Crippen LogP) is 0.0108. The number of rotatable bonds is 1. The molecule has 0 amide bonds. The maximum atomic E-state index is 11.4. The minimum atomic E-state index is -0.236. The minimum Gasteiger partial charge on any atom is -0.854 e. The zero-order valence-electron chi connectivity index (χ0n) is 6.97. The van der Waals surface area contributed by atoms with Crippen LogP contribution in [0.3, 0.4) is 0 Å². The third-order valence-electron chi connectivity index (χ3n) is 1.63. The summed E-state index contributed by atoms with van der Waals surface area (Å²) in [6.45, 7) is 0. The lowest BCUT2D eigenvalue weighted by Gasteiger charge is -2.02. The van der Waals surface area contributed by atoms with Gasteiger partial charge in [0.05, 0.1) is 5.88 Å². The van der Waals surface area contributed by atoms with Gasteiger partial charge in [0.25, 0.3) is 5.16 Å². The molecular weight excluding hydrogens is 186 g/mol. The van der Waals surface area contributed by atoms with Gasteiger partial charge in [0.15, 0.2) is 0 Å². The van der Waals surface area contributed by atoms with Gasteiger partial charge in [0.1, 0.15) is 0 Å². The van der Waals surface area contributed by atoms with Crippen LogP contribution in [-0.4, -0.2) is 16.3 Å². The van der Waals surface area contributed by atoms with Crippen molar-refractivity contribution in [1.82, 2.24) is 10.1 Å². The maximum absolute atomic E-state index is 11.4. The van der Waals surface area contributed by atoms with E-state index in [0.29, 0.717) is 10.7 Å². The number of aromatic nitrogens is 3. The fourth-order valence-corrected chi connectivity index (χ4v) is 1.38. The van der Waals surface area contributed by atoms with Crippen molar-refractivity contribution < 1.29 is 9.62 Å². The quantitative estimate of drug-likeness (QED) is 0.473. The van der Waals surface area contributed by atoms with Gasteiger partial charge < -0.3 is 5.11 Å². The van der Waals surface area contributed by atoms with Gasteiger partial charge in [0, 0.05) is 17.2 Å². The Labute approximate surface area is 79.3 Å². The first-order chi connectivity index (χ1) is 6.31. The summed E-state index contributed by atoms with van der Waals surface area (Å²) in [5.74, 6) is -0.236. The first-order valence-corrected chi connectivity index (χ1v) is 4.93. The molecule has 2 aromatic heterocycles. The van der Waals surface area contributed by atoms with E-state index in [9.17, 15) is 5.11 Å². The van der Waals surface area contributed by atoms with E-state index in [1.54, 1.807) is 22.8 Å². The Bertz CT molecular complexity index is 446. The Morgan fingerprint density at radius 2 is 2.31 bits per heavy atom. The van der Waals surface area contributed by atoms with Crippen molar-refractivity contribution in [2.75, 3.05) is 6.26 Å². The highest BCUT2D eigenvalue weighted by Gasteiger charge is 2.06. The summed E-state index contributed by atoms with van der Waals surface area (Å²) in [5, 5.41) is 16.0. The first-order valence-electron chi connectivity index (χ1n) is 3.71. The van der Waals surface area contributed by atoms with Gasteiger partial charge in [-0.25, -0.2) is 4.98 Å². The zero-order valence-corrected chi connectivity index (χ0v) is 7.78. The summed E-state index contributed by atoms with van der Waals surface area (Å²) < 4.78 is 1.54. The smallest absolute Gasteiger partial charge is 0.254 e. The normalized spacial score (nSPS) is 10.5. The Morgan fingerprint density at radius 1 is 1.46 bits per heavy atom. The molecule has 0 N–H and O–H groups in total. The molecule has 0 radical (unpaired) electrons. The van der Waals surface area contributed by atoms with Gasteiger partial charge in [0.2, 0.25) is 11.7 Å². The number of fused-ring (bicyclic) bond motifs is 1. The lowest BCUT2D eigenvalue weighted by atomic mass is 10.4. The highest BCUT2D eigenvalue weighted by molar-refractivity contribution is 7.98. The maximum Gasteiger partial charge on any atom is 0.254 e. The number of thioether (sulfide) groups is 1. The molecule has 0 spiro atoms. The van der Waals surface area contributed by atoms with E-state index < -0.39 is 0 Å². The van der Waals surface area contributed by atoms with E-state index in [-0.39, 0.29) is 5.88 Å². The SMILES string of the molecule is CSc1nc([O-])c2cccc[n+]2n1. The zero-order chi connectivity index (χ0) is 9.26. The molecule has 5 heteroatoms. The first kappa shape index (κ1) is 8.25. The van der Waals surface area contributed by atoms with Gasteiger partial charge >= 0.3 is 0 Å². The topological polar surface area (TPSA) is 52.9 Å². The Balaban J connectivity index is 2.77.